The first-order chi connectivity index (χ1) is 11.6. The Labute approximate surface area is 142 Å². The van der Waals surface area contributed by atoms with E-state index < -0.39 is 5.41 Å². The van der Waals surface area contributed by atoms with E-state index in [9.17, 15) is 9.59 Å². The fourth-order valence-corrected chi connectivity index (χ4v) is 4.59. The van der Waals surface area contributed by atoms with E-state index in [-0.39, 0.29) is 23.8 Å². The lowest BCUT2D eigenvalue weighted by Gasteiger charge is -2.28. The van der Waals surface area contributed by atoms with Crippen LogP contribution in [-0.2, 0) is 14.3 Å². The maximum absolute atomic E-state index is 13.0. The van der Waals surface area contributed by atoms with Gasteiger partial charge in [0.1, 0.15) is 6.10 Å². The molecule has 1 aromatic rings. The van der Waals surface area contributed by atoms with E-state index in [4.69, 9.17) is 4.74 Å². The van der Waals surface area contributed by atoms with Crippen LogP contribution in [0.4, 0.5) is 0 Å². The van der Waals surface area contributed by atoms with E-state index in [0.29, 0.717) is 19.7 Å². The molecule has 0 aliphatic carbocycles. The Bertz CT molecular complexity index is 641. The monoisotopic (exact) mass is 328 g/mol. The van der Waals surface area contributed by atoms with Crippen LogP contribution in [0.15, 0.2) is 30.3 Å². The van der Waals surface area contributed by atoms with Crippen molar-refractivity contribution in [3.8, 4) is 0 Å². The van der Waals surface area contributed by atoms with Crippen LogP contribution in [0, 0.1) is 5.41 Å². The molecule has 0 aromatic heterocycles. The molecular formula is C19H24N2O3. The summed E-state index contributed by atoms with van der Waals surface area (Å²) in [6, 6.07) is 10.2. The van der Waals surface area contributed by atoms with E-state index in [1.54, 1.807) is 0 Å². The summed E-state index contributed by atoms with van der Waals surface area (Å²) in [5.41, 5.74) is 0.688. The molecule has 0 unspecified atom stereocenters. The molecule has 4 rings (SSSR count). The van der Waals surface area contributed by atoms with Gasteiger partial charge in [-0.25, -0.2) is 0 Å². The number of carbonyl (C=O) groups excluding carboxylic acids is 2. The number of carbonyl (C=O) groups is 2. The number of hydrogen-bond acceptors (Lipinski definition) is 3. The van der Waals surface area contributed by atoms with Crippen LogP contribution in [0.1, 0.15) is 30.7 Å². The minimum Gasteiger partial charge on any atom is -0.368 e. The molecular weight excluding hydrogens is 304 g/mol. The van der Waals surface area contributed by atoms with Crippen LogP contribution in [0.3, 0.4) is 0 Å². The predicted octanol–water partition coefficient (Wildman–Crippen LogP) is 1.64. The molecule has 0 N–H and O–H groups in total. The molecule has 0 radical (unpaired) electrons. The summed E-state index contributed by atoms with van der Waals surface area (Å²) < 4.78 is 5.58. The molecule has 2 amide bonds. The number of rotatable bonds is 2. The minimum atomic E-state index is -0.468. The third-order valence-corrected chi connectivity index (χ3v) is 5.93. The standard InChI is InChI=1S/C19H24N2O3/c1-20-10-9-19(18(20)23)13-21(17(22)16-8-5-11-24-16)12-15(19)14-6-3-2-4-7-14/h2-4,6-7,15-16H,5,8-13H2,1H3/t15-,16+,19+/m0/s1. The summed E-state index contributed by atoms with van der Waals surface area (Å²) in [7, 11) is 1.86. The van der Waals surface area contributed by atoms with Crippen LogP contribution in [0.5, 0.6) is 0 Å². The Morgan fingerprint density at radius 3 is 2.71 bits per heavy atom. The molecule has 3 saturated heterocycles. The van der Waals surface area contributed by atoms with Crippen molar-refractivity contribution in [1.82, 2.24) is 9.80 Å². The molecule has 1 aromatic carbocycles. The molecule has 5 nitrogen and oxygen atoms in total. The van der Waals surface area contributed by atoms with Gasteiger partial charge in [0.15, 0.2) is 0 Å². The van der Waals surface area contributed by atoms with Crippen molar-refractivity contribution < 1.29 is 14.3 Å². The van der Waals surface area contributed by atoms with E-state index in [1.165, 1.54) is 0 Å². The topological polar surface area (TPSA) is 49.9 Å². The molecule has 24 heavy (non-hydrogen) atoms. The largest absolute Gasteiger partial charge is 0.368 e. The van der Waals surface area contributed by atoms with E-state index in [2.05, 4.69) is 12.1 Å². The van der Waals surface area contributed by atoms with Gasteiger partial charge in [-0.3, -0.25) is 9.59 Å². The van der Waals surface area contributed by atoms with Gasteiger partial charge in [0.25, 0.3) is 5.91 Å². The van der Waals surface area contributed by atoms with Crippen molar-refractivity contribution in [2.24, 2.45) is 5.41 Å². The van der Waals surface area contributed by atoms with Crippen LogP contribution in [-0.4, -0.2) is 61.0 Å². The first-order valence-electron chi connectivity index (χ1n) is 8.83. The summed E-state index contributed by atoms with van der Waals surface area (Å²) in [6.45, 7) is 2.57. The molecule has 0 bridgehead atoms. The molecule has 3 fully saturated rings. The number of hydrogen-bond donors (Lipinski definition) is 0. The maximum Gasteiger partial charge on any atom is 0.251 e. The zero-order valence-corrected chi connectivity index (χ0v) is 14.1. The molecule has 3 aliphatic rings. The summed E-state index contributed by atoms with van der Waals surface area (Å²) in [6.07, 6.45) is 2.24. The highest BCUT2D eigenvalue weighted by atomic mass is 16.5. The first kappa shape index (κ1) is 15.6. The van der Waals surface area contributed by atoms with Crippen molar-refractivity contribution in [3.63, 3.8) is 0 Å². The summed E-state index contributed by atoms with van der Waals surface area (Å²) in [4.78, 5) is 29.5. The second-order valence-corrected chi connectivity index (χ2v) is 7.32. The fourth-order valence-electron chi connectivity index (χ4n) is 4.59. The second-order valence-electron chi connectivity index (χ2n) is 7.32. The lowest BCUT2D eigenvalue weighted by atomic mass is 9.73. The Hall–Kier alpha value is -1.88. The average Bonchev–Trinajstić information content (AvgIpc) is 3.33. The van der Waals surface area contributed by atoms with E-state index >= 15 is 0 Å². The van der Waals surface area contributed by atoms with Crippen LogP contribution >= 0.6 is 0 Å². The van der Waals surface area contributed by atoms with Gasteiger partial charge >= 0.3 is 0 Å². The Kier molecular flexibility index (Phi) is 3.83. The molecule has 3 atom stereocenters. The summed E-state index contributed by atoms with van der Waals surface area (Å²) in [5.74, 6) is 0.313. The number of ether oxygens (including phenoxy) is 1. The van der Waals surface area contributed by atoms with Gasteiger partial charge in [-0.15, -0.1) is 0 Å². The molecule has 3 aliphatic heterocycles. The highest BCUT2D eigenvalue weighted by Crippen LogP contribution is 2.49. The summed E-state index contributed by atoms with van der Waals surface area (Å²) >= 11 is 0. The van der Waals surface area contributed by atoms with Gasteiger partial charge < -0.3 is 14.5 Å². The predicted molar refractivity (Wildman–Crippen MR) is 89.4 cm³/mol. The smallest absolute Gasteiger partial charge is 0.251 e. The maximum atomic E-state index is 13.0. The van der Waals surface area contributed by atoms with Crippen molar-refractivity contribution in [3.05, 3.63) is 35.9 Å². The van der Waals surface area contributed by atoms with Gasteiger partial charge in [-0.2, -0.15) is 0 Å². The zero-order valence-electron chi connectivity index (χ0n) is 14.1. The first-order valence-corrected chi connectivity index (χ1v) is 8.83. The molecule has 1 spiro atoms. The average molecular weight is 328 g/mol. The zero-order chi connectivity index (χ0) is 16.7. The van der Waals surface area contributed by atoms with Crippen molar-refractivity contribution >= 4 is 11.8 Å². The lowest BCUT2D eigenvalue weighted by molar-refractivity contribution is -0.141. The van der Waals surface area contributed by atoms with Gasteiger partial charge in [-0.1, -0.05) is 30.3 Å². The third-order valence-electron chi connectivity index (χ3n) is 5.93. The van der Waals surface area contributed by atoms with Crippen LogP contribution in [0.25, 0.3) is 0 Å². The van der Waals surface area contributed by atoms with Gasteiger partial charge in [0.05, 0.1) is 5.41 Å². The second kappa shape index (κ2) is 5.88. The Balaban J connectivity index is 1.65. The molecule has 5 heteroatoms. The highest BCUT2D eigenvalue weighted by molar-refractivity contribution is 5.89. The van der Waals surface area contributed by atoms with Crippen molar-refractivity contribution in [1.29, 1.82) is 0 Å². The SMILES string of the molecule is CN1CC[C@]2(CN(C(=O)[C@H]3CCCO3)C[C@H]2c2ccccc2)C1=O. The van der Waals surface area contributed by atoms with Crippen molar-refractivity contribution in [2.75, 3.05) is 33.3 Å². The quantitative estimate of drug-likeness (QED) is 0.829. The van der Waals surface area contributed by atoms with E-state index in [0.717, 1.165) is 31.4 Å². The van der Waals surface area contributed by atoms with Crippen LogP contribution < -0.4 is 0 Å². The molecule has 3 heterocycles. The van der Waals surface area contributed by atoms with Crippen molar-refractivity contribution in [2.45, 2.75) is 31.3 Å². The normalized spacial score (nSPS) is 33.0. The van der Waals surface area contributed by atoms with Gasteiger partial charge in [0.2, 0.25) is 5.91 Å². The Morgan fingerprint density at radius 1 is 1.29 bits per heavy atom. The van der Waals surface area contributed by atoms with Crippen LogP contribution in [0.2, 0.25) is 0 Å². The highest BCUT2D eigenvalue weighted by Gasteiger charge is 2.57. The molecule has 0 saturated carbocycles. The number of likely N-dealkylation sites (tertiary alicyclic amines) is 2. The minimum absolute atomic E-state index is 0.0626. The lowest BCUT2D eigenvalue weighted by Crippen LogP contribution is -2.41. The van der Waals surface area contributed by atoms with Gasteiger partial charge in [-0.05, 0) is 24.8 Å². The fraction of sp³-hybridized carbons (Fsp3) is 0.579. The summed E-state index contributed by atoms with van der Waals surface area (Å²) in [5, 5.41) is 0. The number of nitrogens with zero attached hydrogens (tertiary/aromatic N) is 2. The number of amides is 2. The van der Waals surface area contributed by atoms with E-state index in [1.807, 2.05) is 35.0 Å². The Morgan fingerprint density at radius 2 is 2.08 bits per heavy atom. The number of benzene rings is 1. The molecule has 128 valence electrons. The third kappa shape index (κ3) is 2.34. The van der Waals surface area contributed by atoms with Gasteiger partial charge in [0, 0.05) is 39.2 Å².